The lowest BCUT2D eigenvalue weighted by molar-refractivity contribution is 0.476. The van der Waals surface area contributed by atoms with E-state index < -0.39 is 0 Å². The Hall–Kier alpha value is -1.62. The van der Waals surface area contributed by atoms with Crippen LogP contribution in [0, 0.1) is 0 Å². The highest BCUT2D eigenvalue weighted by Gasteiger charge is 2.10. The van der Waals surface area contributed by atoms with E-state index in [9.17, 15) is 5.11 Å². The Morgan fingerprint density at radius 2 is 2.29 bits per heavy atom. The van der Waals surface area contributed by atoms with Crippen molar-refractivity contribution in [3.63, 3.8) is 0 Å². The second-order valence-corrected chi connectivity index (χ2v) is 5.12. The van der Waals surface area contributed by atoms with E-state index >= 15 is 0 Å². The number of benzene rings is 1. The van der Waals surface area contributed by atoms with E-state index in [1.165, 1.54) is 6.42 Å². The molecule has 0 fully saturated rings. The van der Waals surface area contributed by atoms with Crippen molar-refractivity contribution in [1.29, 1.82) is 0 Å². The van der Waals surface area contributed by atoms with Crippen LogP contribution in [0.2, 0.25) is 0 Å². The van der Waals surface area contributed by atoms with Crippen molar-refractivity contribution in [2.45, 2.75) is 26.2 Å². The molecule has 0 unspecified atom stereocenters. The van der Waals surface area contributed by atoms with Gasteiger partial charge in [0.05, 0.1) is 11.0 Å². The summed E-state index contributed by atoms with van der Waals surface area (Å²) in [6.07, 6.45) is 3.33. The first-order valence-electron chi connectivity index (χ1n) is 5.75. The summed E-state index contributed by atoms with van der Waals surface area (Å²) < 4.78 is 1.82. The lowest BCUT2D eigenvalue weighted by Crippen LogP contribution is -1.88. The summed E-state index contributed by atoms with van der Waals surface area (Å²) in [6, 6.07) is 5.17. The molecule has 2 heterocycles. The first kappa shape index (κ1) is 10.5. The van der Waals surface area contributed by atoms with Gasteiger partial charge >= 0.3 is 0 Å². The summed E-state index contributed by atoms with van der Waals surface area (Å²) in [5.41, 5.74) is 1.75. The predicted octanol–water partition coefficient (Wildman–Crippen LogP) is 2.99. The van der Waals surface area contributed by atoms with Crippen LogP contribution in [0.1, 0.15) is 24.8 Å². The number of phenolic OH excluding ortho intramolecular Hbond substituents is 1. The number of imidazole rings is 1. The maximum absolute atomic E-state index is 9.49. The fraction of sp³-hybridized carbons (Fsp3) is 0.333. The molecule has 2 aromatic heterocycles. The zero-order valence-electron chi connectivity index (χ0n) is 9.55. The second kappa shape index (κ2) is 4.00. The molecule has 1 N–H and O–H groups in total. The highest BCUT2D eigenvalue weighted by Crippen LogP contribution is 2.24. The highest BCUT2D eigenvalue weighted by molar-refractivity contribution is 7.16. The van der Waals surface area contributed by atoms with Crippen LogP contribution in [-0.4, -0.2) is 19.7 Å². The van der Waals surface area contributed by atoms with E-state index in [0.29, 0.717) is 0 Å². The van der Waals surface area contributed by atoms with Gasteiger partial charge in [-0.05, 0) is 18.6 Å². The van der Waals surface area contributed by atoms with E-state index in [2.05, 4.69) is 17.0 Å². The summed E-state index contributed by atoms with van der Waals surface area (Å²) in [6.45, 7) is 2.17. The largest absolute Gasteiger partial charge is 0.508 e. The van der Waals surface area contributed by atoms with Gasteiger partial charge < -0.3 is 5.11 Å². The number of hydrogen-bond acceptors (Lipinski definition) is 4. The number of unbranched alkanes of at least 4 members (excludes halogenated alkanes) is 1. The van der Waals surface area contributed by atoms with Crippen LogP contribution in [0.25, 0.3) is 16.0 Å². The Morgan fingerprint density at radius 1 is 1.41 bits per heavy atom. The molecule has 0 saturated heterocycles. The summed E-state index contributed by atoms with van der Waals surface area (Å²) in [5.74, 6) is 0.252. The molecule has 0 amide bonds. The van der Waals surface area contributed by atoms with Crippen LogP contribution < -0.4 is 0 Å². The van der Waals surface area contributed by atoms with Crippen LogP contribution in [0.5, 0.6) is 5.75 Å². The Morgan fingerprint density at radius 3 is 3.12 bits per heavy atom. The highest BCUT2D eigenvalue weighted by atomic mass is 32.1. The molecule has 17 heavy (non-hydrogen) atoms. The van der Waals surface area contributed by atoms with Gasteiger partial charge in [0.2, 0.25) is 4.96 Å². The minimum Gasteiger partial charge on any atom is -0.508 e. The number of hydrogen-bond donors (Lipinski definition) is 1. The molecule has 5 heteroatoms. The lowest BCUT2D eigenvalue weighted by Gasteiger charge is -1.93. The number of fused-ring (bicyclic) bond motifs is 3. The Labute approximate surface area is 103 Å². The maximum Gasteiger partial charge on any atom is 0.213 e. The fourth-order valence-corrected chi connectivity index (χ4v) is 2.81. The van der Waals surface area contributed by atoms with Gasteiger partial charge in [0, 0.05) is 12.5 Å². The van der Waals surface area contributed by atoms with Gasteiger partial charge in [0.25, 0.3) is 0 Å². The van der Waals surface area contributed by atoms with Gasteiger partial charge in [-0.1, -0.05) is 24.7 Å². The van der Waals surface area contributed by atoms with Crippen molar-refractivity contribution in [2.75, 3.05) is 0 Å². The second-order valence-electron chi connectivity index (χ2n) is 4.08. The fourth-order valence-electron chi connectivity index (χ4n) is 1.86. The molecule has 3 rings (SSSR count). The summed E-state index contributed by atoms with van der Waals surface area (Å²) >= 11 is 1.63. The number of nitrogens with zero attached hydrogens (tertiary/aromatic N) is 3. The lowest BCUT2D eigenvalue weighted by atomic mass is 10.3. The molecule has 0 aliphatic rings. The molecule has 0 aliphatic carbocycles. The molecule has 0 atom stereocenters. The molecular weight excluding hydrogens is 234 g/mol. The van der Waals surface area contributed by atoms with Crippen LogP contribution >= 0.6 is 11.3 Å². The Bertz CT molecular complexity index is 671. The average Bonchev–Trinajstić information content (AvgIpc) is 2.84. The van der Waals surface area contributed by atoms with Gasteiger partial charge in [0.15, 0.2) is 0 Å². The third-order valence-electron chi connectivity index (χ3n) is 2.75. The normalized spacial score (nSPS) is 11.6. The summed E-state index contributed by atoms with van der Waals surface area (Å²) in [7, 11) is 0. The van der Waals surface area contributed by atoms with E-state index in [1.54, 1.807) is 23.5 Å². The van der Waals surface area contributed by atoms with Gasteiger partial charge in [-0.2, -0.15) is 5.10 Å². The number of rotatable bonds is 3. The Kier molecular flexibility index (Phi) is 2.48. The van der Waals surface area contributed by atoms with Crippen molar-refractivity contribution in [1.82, 2.24) is 14.6 Å². The Balaban J connectivity index is 2.13. The van der Waals surface area contributed by atoms with E-state index in [1.807, 2.05) is 10.6 Å². The minimum absolute atomic E-state index is 0.252. The minimum atomic E-state index is 0.252. The quantitative estimate of drug-likeness (QED) is 0.774. The first-order valence-corrected chi connectivity index (χ1v) is 6.57. The smallest absolute Gasteiger partial charge is 0.213 e. The standard InChI is InChI=1S/C12H13N3OS/c1-2-3-4-11-14-15-10-7-8(16)5-6-9(10)13-12(15)17-11/h5-7,16H,2-4H2,1H3. The zero-order chi connectivity index (χ0) is 11.8. The molecule has 0 aliphatic heterocycles. The first-order chi connectivity index (χ1) is 8.28. The molecule has 0 spiro atoms. The molecule has 0 radical (unpaired) electrons. The molecular formula is C12H13N3OS. The third kappa shape index (κ3) is 1.76. The average molecular weight is 247 g/mol. The zero-order valence-corrected chi connectivity index (χ0v) is 10.4. The van der Waals surface area contributed by atoms with Crippen molar-refractivity contribution >= 4 is 27.3 Å². The number of phenols is 1. The van der Waals surface area contributed by atoms with Crippen molar-refractivity contribution in [3.05, 3.63) is 23.2 Å². The van der Waals surface area contributed by atoms with Crippen LogP contribution in [0.4, 0.5) is 0 Å². The molecule has 0 bridgehead atoms. The number of aryl methyl sites for hydroxylation is 1. The maximum atomic E-state index is 9.49. The van der Waals surface area contributed by atoms with E-state index in [0.717, 1.165) is 33.8 Å². The van der Waals surface area contributed by atoms with Crippen LogP contribution in [0.15, 0.2) is 18.2 Å². The van der Waals surface area contributed by atoms with Gasteiger partial charge in [-0.15, -0.1) is 0 Å². The summed E-state index contributed by atoms with van der Waals surface area (Å²) in [4.78, 5) is 5.39. The number of aromatic nitrogens is 3. The van der Waals surface area contributed by atoms with Crippen molar-refractivity contribution in [3.8, 4) is 5.75 Å². The van der Waals surface area contributed by atoms with Crippen molar-refractivity contribution < 1.29 is 5.11 Å². The van der Waals surface area contributed by atoms with Crippen LogP contribution in [-0.2, 0) is 6.42 Å². The molecule has 4 nitrogen and oxygen atoms in total. The predicted molar refractivity (Wildman–Crippen MR) is 68.6 cm³/mol. The topological polar surface area (TPSA) is 50.4 Å². The SMILES string of the molecule is CCCCc1nn2c(nc3ccc(O)cc32)s1. The molecule has 1 aromatic carbocycles. The van der Waals surface area contributed by atoms with Gasteiger partial charge in [-0.3, -0.25) is 0 Å². The van der Waals surface area contributed by atoms with Gasteiger partial charge in [0.1, 0.15) is 10.8 Å². The van der Waals surface area contributed by atoms with Crippen molar-refractivity contribution in [2.24, 2.45) is 0 Å². The monoisotopic (exact) mass is 247 g/mol. The van der Waals surface area contributed by atoms with E-state index in [-0.39, 0.29) is 5.75 Å². The number of aromatic hydroxyl groups is 1. The molecule has 0 saturated carbocycles. The summed E-state index contributed by atoms with van der Waals surface area (Å²) in [5, 5.41) is 15.1. The van der Waals surface area contributed by atoms with Crippen LogP contribution in [0.3, 0.4) is 0 Å². The van der Waals surface area contributed by atoms with Gasteiger partial charge in [-0.25, -0.2) is 9.50 Å². The molecule has 88 valence electrons. The third-order valence-corrected chi connectivity index (χ3v) is 3.72. The van der Waals surface area contributed by atoms with E-state index in [4.69, 9.17) is 0 Å². The molecule has 3 aromatic rings.